The van der Waals surface area contributed by atoms with Gasteiger partial charge in [-0.25, -0.2) is 0 Å². The number of rotatable bonds is 6. The highest BCUT2D eigenvalue weighted by Gasteiger charge is 2.54. The third-order valence-corrected chi connectivity index (χ3v) is 7.43. The molecule has 1 heterocycles. The molecule has 2 unspecified atom stereocenters. The van der Waals surface area contributed by atoms with Gasteiger partial charge in [-0.2, -0.15) is 0 Å². The second-order valence-corrected chi connectivity index (χ2v) is 9.21. The third kappa shape index (κ3) is 3.71. The molecule has 0 aromatic heterocycles. The van der Waals surface area contributed by atoms with Crippen LogP contribution in [-0.2, 0) is 16.0 Å². The molecule has 4 heteroatoms. The van der Waals surface area contributed by atoms with Gasteiger partial charge in [0.05, 0.1) is 13.0 Å². The van der Waals surface area contributed by atoms with E-state index in [2.05, 4.69) is 31.0 Å². The summed E-state index contributed by atoms with van der Waals surface area (Å²) in [7, 11) is 1.68. The summed E-state index contributed by atoms with van der Waals surface area (Å²) < 4.78 is 11.0. The maximum absolute atomic E-state index is 12.6. The van der Waals surface area contributed by atoms with Crippen molar-refractivity contribution in [2.45, 2.75) is 51.6 Å². The molecule has 1 N–H and O–H groups in total. The predicted molar refractivity (Wildman–Crippen MR) is 110 cm³/mol. The van der Waals surface area contributed by atoms with Gasteiger partial charge in [-0.1, -0.05) is 31.2 Å². The number of fused-ring (bicyclic) bond motifs is 2. The first kappa shape index (κ1) is 19.5. The monoisotopic (exact) mass is 383 g/mol. The SMILES string of the molecule is C=C1CCC[C@]2(C)C[C@H]3OC(=O)C(CNCCc4ccc(OC)cc4)[C@H]3CC12. The fourth-order valence-electron chi connectivity index (χ4n) is 5.77. The highest BCUT2D eigenvalue weighted by atomic mass is 16.6. The fourth-order valence-corrected chi connectivity index (χ4v) is 5.77. The lowest BCUT2D eigenvalue weighted by Gasteiger charge is -2.50. The molecule has 0 radical (unpaired) electrons. The molecule has 152 valence electrons. The van der Waals surface area contributed by atoms with E-state index in [-0.39, 0.29) is 23.4 Å². The molecule has 28 heavy (non-hydrogen) atoms. The Balaban J connectivity index is 1.32. The van der Waals surface area contributed by atoms with Crippen LogP contribution in [0.15, 0.2) is 36.4 Å². The summed E-state index contributed by atoms with van der Waals surface area (Å²) >= 11 is 0. The number of allylic oxidation sites excluding steroid dienone is 1. The first-order chi connectivity index (χ1) is 13.5. The van der Waals surface area contributed by atoms with Crippen molar-refractivity contribution < 1.29 is 14.3 Å². The van der Waals surface area contributed by atoms with Crippen molar-refractivity contribution in [1.82, 2.24) is 5.32 Å². The number of carbonyl (C=O) groups is 1. The minimum absolute atomic E-state index is 0.000179. The van der Waals surface area contributed by atoms with Gasteiger partial charge in [0.1, 0.15) is 11.9 Å². The molecule has 1 aromatic rings. The van der Waals surface area contributed by atoms with Crippen molar-refractivity contribution in [2.24, 2.45) is 23.2 Å². The van der Waals surface area contributed by atoms with Crippen LogP contribution in [0.4, 0.5) is 0 Å². The van der Waals surface area contributed by atoms with Crippen molar-refractivity contribution in [3.63, 3.8) is 0 Å². The van der Waals surface area contributed by atoms with Crippen molar-refractivity contribution >= 4 is 5.97 Å². The van der Waals surface area contributed by atoms with Gasteiger partial charge in [0.15, 0.2) is 0 Å². The molecule has 0 bridgehead atoms. The largest absolute Gasteiger partial charge is 0.497 e. The zero-order valence-electron chi connectivity index (χ0n) is 17.2. The standard InChI is InChI=1S/C24H33NO3/c1-16-5-4-11-24(2)14-22-19(13-21(16)24)20(23(26)28-22)15-25-12-10-17-6-8-18(27-3)9-7-17/h6-9,19-22,25H,1,4-5,10-15H2,2-3H3/t19-,20?,21?,22-,24-/m1/s1. The van der Waals surface area contributed by atoms with Crippen molar-refractivity contribution in [2.75, 3.05) is 20.2 Å². The smallest absolute Gasteiger partial charge is 0.310 e. The van der Waals surface area contributed by atoms with Crippen LogP contribution in [-0.4, -0.2) is 32.3 Å². The van der Waals surface area contributed by atoms with Crippen molar-refractivity contribution in [3.8, 4) is 5.75 Å². The van der Waals surface area contributed by atoms with Gasteiger partial charge in [-0.3, -0.25) is 4.79 Å². The van der Waals surface area contributed by atoms with E-state index in [0.717, 1.165) is 38.0 Å². The average molecular weight is 384 g/mol. The maximum atomic E-state index is 12.6. The van der Waals surface area contributed by atoms with Crippen molar-refractivity contribution in [3.05, 3.63) is 42.0 Å². The van der Waals surface area contributed by atoms with E-state index < -0.39 is 0 Å². The molecule has 1 saturated heterocycles. The molecule has 0 amide bonds. The number of nitrogens with one attached hydrogen (secondary N) is 1. The number of hydrogen-bond donors (Lipinski definition) is 1. The number of hydrogen-bond acceptors (Lipinski definition) is 4. The van der Waals surface area contributed by atoms with Gasteiger partial charge in [-0.05, 0) is 74.1 Å². The number of methoxy groups -OCH3 is 1. The zero-order chi connectivity index (χ0) is 19.7. The second kappa shape index (κ2) is 7.90. The van der Waals surface area contributed by atoms with Crippen LogP contribution in [0.5, 0.6) is 5.75 Å². The third-order valence-electron chi connectivity index (χ3n) is 7.43. The van der Waals surface area contributed by atoms with E-state index in [1.165, 1.54) is 24.0 Å². The minimum Gasteiger partial charge on any atom is -0.497 e. The number of esters is 1. The molecule has 3 aliphatic rings. The molecular formula is C24H33NO3. The molecule has 1 aliphatic heterocycles. The zero-order valence-corrected chi connectivity index (χ0v) is 17.2. The van der Waals surface area contributed by atoms with Gasteiger partial charge in [0, 0.05) is 12.5 Å². The Kier molecular flexibility index (Phi) is 5.50. The first-order valence-electron chi connectivity index (χ1n) is 10.7. The highest BCUT2D eigenvalue weighted by Crippen LogP contribution is 2.56. The van der Waals surface area contributed by atoms with Crippen LogP contribution >= 0.6 is 0 Å². The van der Waals surface area contributed by atoms with Crippen LogP contribution < -0.4 is 10.1 Å². The Bertz CT molecular complexity index is 728. The van der Waals surface area contributed by atoms with E-state index in [0.29, 0.717) is 18.4 Å². The Labute approximate surface area is 168 Å². The quantitative estimate of drug-likeness (QED) is 0.456. The Morgan fingerprint density at radius 3 is 2.86 bits per heavy atom. The summed E-state index contributed by atoms with van der Waals surface area (Å²) in [4.78, 5) is 12.6. The Morgan fingerprint density at radius 1 is 1.32 bits per heavy atom. The molecule has 4 nitrogen and oxygen atoms in total. The maximum Gasteiger partial charge on any atom is 0.310 e. The number of benzene rings is 1. The summed E-state index contributed by atoms with van der Waals surface area (Å²) in [5, 5.41) is 3.51. The number of ether oxygens (including phenoxy) is 2. The van der Waals surface area contributed by atoms with Crippen LogP contribution in [0.2, 0.25) is 0 Å². The molecular weight excluding hydrogens is 350 g/mol. The summed E-state index contributed by atoms with van der Waals surface area (Å²) in [5.41, 5.74) is 2.94. The van der Waals surface area contributed by atoms with Gasteiger partial charge in [0.2, 0.25) is 0 Å². The fraction of sp³-hybridized carbons (Fsp3) is 0.625. The second-order valence-electron chi connectivity index (χ2n) is 9.21. The van der Waals surface area contributed by atoms with Gasteiger partial charge in [0.25, 0.3) is 0 Å². The lowest BCUT2D eigenvalue weighted by Crippen LogP contribution is -2.45. The average Bonchev–Trinajstić information content (AvgIpc) is 2.98. The molecule has 3 fully saturated rings. The van der Waals surface area contributed by atoms with Crippen LogP contribution in [0.25, 0.3) is 0 Å². The number of carbonyl (C=O) groups excluding carboxylic acids is 1. The highest BCUT2D eigenvalue weighted by molar-refractivity contribution is 5.75. The van der Waals surface area contributed by atoms with Gasteiger partial charge < -0.3 is 14.8 Å². The van der Waals surface area contributed by atoms with E-state index in [4.69, 9.17) is 9.47 Å². The molecule has 2 saturated carbocycles. The summed E-state index contributed by atoms with van der Waals surface area (Å²) in [6.07, 6.45) is 6.74. The Hall–Kier alpha value is -1.81. The summed E-state index contributed by atoms with van der Waals surface area (Å²) in [5.74, 6) is 1.76. The molecule has 2 aliphatic carbocycles. The molecule has 1 aromatic carbocycles. The molecule has 0 spiro atoms. The van der Waals surface area contributed by atoms with Crippen LogP contribution in [0.1, 0.15) is 44.6 Å². The predicted octanol–water partition coefficient (Wildman–Crippen LogP) is 4.14. The van der Waals surface area contributed by atoms with Crippen LogP contribution in [0, 0.1) is 23.2 Å². The summed E-state index contributed by atoms with van der Waals surface area (Å²) in [6.45, 7) is 8.33. The van der Waals surface area contributed by atoms with Gasteiger partial charge in [-0.15, -0.1) is 0 Å². The topological polar surface area (TPSA) is 47.6 Å². The lowest BCUT2D eigenvalue weighted by molar-refractivity contribution is -0.146. The summed E-state index contributed by atoms with van der Waals surface area (Å²) in [6, 6.07) is 8.17. The molecule has 5 atom stereocenters. The first-order valence-corrected chi connectivity index (χ1v) is 10.7. The van der Waals surface area contributed by atoms with E-state index in [9.17, 15) is 4.79 Å². The van der Waals surface area contributed by atoms with E-state index in [1.54, 1.807) is 7.11 Å². The minimum atomic E-state index is -0.0138. The molecule has 4 rings (SSSR count). The van der Waals surface area contributed by atoms with Crippen molar-refractivity contribution in [1.29, 1.82) is 0 Å². The van der Waals surface area contributed by atoms with E-state index in [1.807, 2.05) is 12.1 Å². The Morgan fingerprint density at radius 2 is 2.11 bits per heavy atom. The lowest BCUT2D eigenvalue weighted by atomic mass is 9.55. The van der Waals surface area contributed by atoms with Gasteiger partial charge >= 0.3 is 5.97 Å². The van der Waals surface area contributed by atoms with E-state index >= 15 is 0 Å². The van der Waals surface area contributed by atoms with Crippen LogP contribution in [0.3, 0.4) is 0 Å². The normalized spacial score (nSPS) is 34.5.